The summed E-state index contributed by atoms with van der Waals surface area (Å²) in [5.41, 5.74) is 0. The van der Waals surface area contributed by atoms with E-state index in [0.29, 0.717) is 31.6 Å². The molecule has 3 unspecified atom stereocenters. The van der Waals surface area contributed by atoms with Crippen LogP contribution in [-0.4, -0.2) is 96.7 Å². The largest absolute Gasteiger partial charge is 0.472 e. The van der Waals surface area contributed by atoms with Gasteiger partial charge in [-0.05, 0) is 49.4 Å². The van der Waals surface area contributed by atoms with Gasteiger partial charge >= 0.3 is 39.5 Å². The minimum absolute atomic E-state index is 0.104. The molecule has 6 atom stereocenters. The molecule has 3 N–H and O–H groups in total. The van der Waals surface area contributed by atoms with E-state index in [1.54, 1.807) is 0 Å². The van der Waals surface area contributed by atoms with Crippen LogP contribution < -0.4 is 0 Å². The van der Waals surface area contributed by atoms with Gasteiger partial charge in [0.2, 0.25) is 0 Å². The van der Waals surface area contributed by atoms with E-state index in [4.69, 9.17) is 37.0 Å². The lowest BCUT2D eigenvalue weighted by Gasteiger charge is -2.21. The van der Waals surface area contributed by atoms with Crippen LogP contribution >= 0.6 is 15.6 Å². The molecule has 0 aromatic rings. The van der Waals surface area contributed by atoms with E-state index in [1.807, 2.05) is 0 Å². The Hall–Kier alpha value is -1.94. The molecule has 0 saturated carbocycles. The number of esters is 4. The Morgan fingerprint density at radius 3 is 0.763 bits per heavy atom. The van der Waals surface area contributed by atoms with Crippen LogP contribution in [0.4, 0.5) is 0 Å². The normalized spacial score (nSPS) is 14.5. The Bertz CT molecular complexity index is 1840. The fourth-order valence-corrected chi connectivity index (χ4v) is 12.7. The van der Waals surface area contributed by atoms with Crippen LogP contribution in [0.3, 0.4) is 0 Å². The maximum atomic E-state index is 13.1. The molecule has 0 saturated heterocycles. The monoisotopic (exact) mass is 1370 g/mol. The summed E-state index contributed by atoms with van der Waals surface area (Å²) in [5, 5.41) is 10.6. The number of hydrogen-bond acceptors (Lipinski definition) is 15. The number of unbranched alkanes of at least 4 members (excludes halogenated alkanes) is 36. The van der Waals surface area contributed by atoms with Gasteiger partial charge in [-0.3, -0.25) is 37.3 Å². The van der Waals surface area contributed by atoms with Crippen LogP contribution in [0.1, 0.15) is 370 Å². The average molecular weight is 1370 g/mol. The predicted octanol–water partition coefficient (Wildman–Crippen LogP) is 21.3. The van der Waals surface area contributed by atoms with Gasteiger partial charge in [0.25, 0.3) is 0 Å². The number of rotatable bonds is 71. The second-order valence-electron chi connectivity index (χ2n) is 28.4. The van der Waals surface area contributed by atoms with Gasteiger partial charge in [-0.2, -0.15) is 0 Å². The summed E-state index contributed by atoms with van der Waals surface area (Å²) in [5.74, 6) is 0.892. The molecule has 19 heteroatoms. The number of hydrogen-bond donors (Lipinski definition) is 3. The summed E-state index contributed by atoms with van der Waals surface area (Å²) in [4.78, 5) is 72.7. The molecule has 0 aromatic carbocycles. The number of phosphoric acid groups is 2. The van der Waals surface area contributed by atoms with E-state index in [0.717, 1.165) is 114 Å². The van der Waals surface area contributed by atoms with Gasteiger partial charge in [0.15, 0.2) is 12.2 Å². The number of phosphoric ester groups is 2. The number of ether oxygens (including phenoxy) is 4. The first-order valence-electron chi connectivity index (χ1n) is 38.2. The topological polar surface area (TPSA) is 237 Å². The molecule has 0 heterocycles. The molecule has 0 aliphatic carbocycles. The zero-order chi connectivity index (χ0) is 68.9. The third-order valence-electron chi connectivity index (χ3n) is 17.4. The minimum Gasteiger partial charge on any atom is -0.462 e. The lowest BCUT2D eigenvalue weighted by molar-refractivity contribution is -0.161. The van der Waals surface area contributed by atoms with Crippen molar-refractivity contribution in [1.82, 2.24) is 0 Å². The molecule has 0 aliphatic heterocycles. The summed E-state index contributed by atoms with van der Waals surface area (Å²) in [6.45, 7) is 14.1. The maximum absolute atomic E-state index is 13.1. The molecule has 93 heavy (non-hydrogen) atoms. The van der Waals surface area contributed by atoms with Gasteiger partial charge < -0.3 is 33.8 Å². The zero-order valence-electron chi connectivity index (χ0n) is 60.9. The van der Waals surface area contributed by atoms with Gasteiger partial charge in [-0.1, -0.05) is 319 Å². The van der Waals surface area contributed by atoms with Crippen LogP contribution in [0, 0.1) is 23.7 Å². The van der Waals surface area contributed by atoms with Gasteiger partial charge in [0.1, 0.15) is 19.3 Å². The first-order chi connectivity index (χ1) is 44.6. The third-order valence-corrected chi connectivity index (χ3v) is 19.3. The molecule has 0 aliphatic rings. The highest BCUT2D eigenvalue weighted by Crippen LogP contribution is 2.45. The van der Waals surface area contributed by atoms with Crippen LogP contribution in [0.5, 0.6) is 0 Å². The van der Waals surface area contributed by atoms with Gasteiger partial charge in [-0.25, -0.2) is 9.13 Å². The molecule has 0 rings (SSSR count). The molecule has 0 spiro atoms. The Morgan fingerprint density at radius 2 is 0.516 bits per heavy atom. The third kappa shape index (κ3) is 67.0. The Kier molecular flexibility index (Phi) is 62.2. The lowest BCUT2D eigenvalue weighted by atomic mass is 9.99. The number of aliphatic hydroxyl groups excluding tert-OH is 1. The van der Waals surface area contributed by atoms with Crippen molar-refractivity contribution in [2.75, 3.05) is 39.6 Å². The van der Waals surface area contributed by atoms with Crippen molar-refractivity contribution in [3.8, 4) is 0 Å². The van der Waals surface area contributed by atoms with Crippen molar-refractivity contribution < 1.29 is 80.2 Å². The van der Waals surface area contributed by atoms with E-state index >= 15 is 0 Å². The zero-order valence-corrected chi connectivity index (χ0v) is 62.7. The van der Waals surface area contributed by atoms with Crippen LogP contribution in [-0.2, 0) is 65.4 Å². The SMILES string of the molecule is CCC(C)CCCCCCCCCCC(=O)OC[C@H](COP(=O)(O)OC[C@@H](O)COP(=O)(O)OC[C@@H](COC(=O)CCCCCCCCC(C)C)OC(=O)CCCCCCCCCCCCC(C)C)OC(=O)CCCCCCCCCCCCCCCCCCC(C)C. The quantitative estimate of drug-likeness (QED) is 0.0222. The van der Waals surface area contributed by atoms with Gasteiger partial charge in [0, 0.05) is 25.7 Å². The fraction of sp³-hybridized carbons (Fsp3) is 0.946. The van der Waals surface area contributed by atoms with Crippen molar-refractivity contribution in [3.63, 3.8) is 0 Å². The summed E-state index contributed by atoms with van der Waals surface area (Å²) in [6.07, 6.45) is 47.3. The van der Waals surface area contributed by atoms with Crippen molar-refractivity contribution in [1.29, 1.82) is 0 Å². The summed E-state index contributed by atoms with van der Waals surface area (Å²) < 4.78 is 68.4. The van der Waals surface area contributed by atoms with E-state index < -0.39 is 97.5 Å². The van der Waals surface area contributed by atoms with Gasteiger partial charge in [0.05, 0.1) is 26.4 Å². The van der Waals surface area contributed by atoms with Crippen LogP contribution in [0.25, 0.3) is 0 Å². The smallest absolute Gasteiger partial charge is 0.462 e. The molecule has 17 nitrogen and oxygen atoms in total. The van der Waals surface area contributed by atoms with Crippen molar-refractivity contribution >= 4 is 39.5 Å². The molecule has 0 radical (unpaired) electrons. The second-order valence-corrected chi connectivity index (χ2v) is 31.3. The molecule has 0 bridgehead atoms. The van der Waals surface area contributed by atoms with Crippen molar-refractivity contribution in [2.24, 2.45) is 23.7 Å². The average Bonchev–Trinajstić information content (AvgIpc) is 2.18. The van der Waals surface area contributed by atoms with Crippen molar-refractivity contribution in [2.45, 2.75) is 388 Å². The van der Waals surface area contributed by atoms with Crippen molar-refractivity contribution in [3.05, 3.63) is 0 Å². The number of aliphatic hydroxyl groups is 1. The second kappa shape index (κ2) is 63.5. The predicted molar refractivity (Wildman–Crippen MR) is 377 cm³/mol. The van der Waals surface area contributed by atoms with Crippen LogP contribution in [0.2, 0.25) is 0 Å². The van der Waals surface area contributed by atoms with E-state index in [1.165, 1.54) is 167 Å². The molecular formula is C74H144O17P2. The summed E-state index contributed by atoms with van der Waals surface area (Å²) >= 11 is 0. The fourth-order valence-electron chi connectivity index (χ4n) is 11.2. The van der Waals surface area contributed by atoms with Gasteiger partial charge in [-0.15, -0.1) is 0 Å². The highest BCUT2D eigenvalue weighted by molar-refractivity contribution is 7.47. The van der Waals surface area contributed by atoms with E-state index in [2.05, 4.69) is 55.4 Å². The number of carbonyl (C=O) groups is 4. The van der Waals surface area contributed by atoms with Crippen LogP contribution in [0.15, 0.2) is 0 Å². The standard InChI is InChI=1S/C74H144O17P2/c1-9-67(8)53-45-37-28-24-25-29-38-46-54-71(76)84-60-69(90-73(78)56-48-40-30-22-17-15-13-11-10-12-14-16-20-26-34-42-50-64(2)3)62-88-92(80,81)86-58-68(75)59-87-93(82,83)89-63-70(61-85-72(77)55-47-39-33-32-36-44-52-66(6)7)91-74(79)57-49-41-31-23-19-18-21-27-35-43-51-65(4)5/h64-70,75H,9-63H2,1-8H3,(H,80,81)(H,82,83)/t67?,68-,69-,70-/m1/s1. The van der Waals surface area contributed by atoms with E-state index in [9.17, 15) is 43.2 Å². The molecular weight excluding hydrogens is 1220 g/mol. The van der Waals surface area contributed by atoms with E-state index in [-0.39, 0.29) is 25.7 Å². The summed E-state index contributed by atoms with van der Waals surface area (Å²) in [6, 6.07) is 0. The molecule has 0 aromatic heterocycles. The first kappa shape index (κ1) is 91.1. The summed E-state index contributed by atoms with van der Waals surface area (Å²) in [7, 11) is -9.91. The lowest BCUT2D eigenvalue weighted by Crippen LogP contribution is -2.30. The number of carbonyl (C=O) groups excluding carboxylic acids is 4. The molecule has 0 fully saturated rings. The highest BCUT2D eigenvalue weighted by atomic mass is 31.2. The Balaban J connectivity index is 5.22. The maximum Gasteiger partial charge on any atom is 0.472 e. The first-order valence-corrected chi connectivity index (χ1v) is 41.2. The Morgan fingerprint density at radius 1 is 0.301 bits per heavy atom. The molecule has 0 amide bonds. The molecule has 552 valence electrons. The minimum atomic E-state index is -4.96. The highest BCUT2D eigenvalue weighted by Gasteiger charge is 2.30. The Labute approximate surface area is 568 Å².